The number of fused-ring (bicyclic) bond motifs is 1. The summed E-state index contributed by atoms with van der Waals surface area (Å²) in [6.45, 7) is 1.74. The first-order chi connectivity index (χ1) is 13.3. The van der Waals surface area contributed by atoms with E-state index in [1.807, 2.05) is 0 Å². The maximum absolute atomic E-state index is 11.2. The largest absolute Gasteiger partial charge is 0.508 e. The zero-order valence-electron chi connectivity index (χ0n) is 15.1. The Balaban J connectivity index is 1.90. The van der Waals surface area contributed by atoms with E-state index >= 15 is 0 Å². The molecule has 6 nitrogen and oxygen atoms in total. The molecule has 0 bridgehead atoms. The molecule has 5 N–H and O–H groups in total. The van der Waals surface area contributed by atoms with Crippen LogP contribution in [0.1, 0.15) is 34.3 Å². The Morgan fingerprint density at radius 3 is 2.14 bits per heavy atom. The molecule has 0 aromatic heterocycles. The molecule has 1 aliphatic heterocycles. The maximum Gasteiger partial charge on any atom is 0.150 e. The average Bonchev–Trinajstić information content (AvgIpc) is 2.63. The van der Waals surface area contributed by atoms with Crippen LogP contribution in [0.25, 0.3) is 0 Å². The van der Waals surface area contributed by atoms with Crippen LogP contribution in [-0.4, -0.2) is 31.6 Å². The second kappa shape index (κ2) is 6.65. The molecule has 0 aliphatic carbocycles. The van der Waals surface area contributed by atoms with Gasteiger partial charge in [-0.2, -0.15) is 0 Å². The molecule has 1 aliphatic rings. The molecular formula is C22H20O6. The summed E-state index contributed by atoms with van der Waals surface area (Å²) < 4.78 is 5.98. The summed E-state index contributed by atoms with van der Waals surface area (Å²) in [4.78, 5) is 0. The normalized spacial score (nSPS) is 21.0. The number of aliphatic hydroxyl groups excluding tert-OH is 1. The van der Waals surface area contributed by atoms with Crippen molar-refractivity contribution >= 4 is 0 Å². The molecule has 144 valence electrons. The quantitative estimate of drug-likeness (QED) is 0.466. The number of hydrogen-bond acceptors (Lipinski definition) is 6. The third-order valence-electron chi connectivity index (χ3n) is 5.12. The Morgan fingerprint density at radius 1 is 0.786 bits per heavy atom. The van der Waals surface area contributed by atoms with Crippen LogP contribution < -0.4 is 4.74 Å². The maximum atomic E-state index is 11.2. The highest BCUT2D eigenvalue weighted by Gasteiger charge is 2.41. The minimum absolute atomic E-state index is 0.0185. The highest BCUT2D eigenvalue weighted by atomic mass is 16.5. The van der Waals surface area contributed by atoms with E-state index in [1.165, 1.54) is 36.4 Å². The number of aryl methyl sites for hydroxylation is 1. The van der Waals surface area contributed by atoms with Crippen LogP contribution in [0.5, 0.6) is 28.7 Å². The van der Waals surface area contributed by atoms with Gasteiger partial charge in [-0.05, 0) is 42.3 Å². The minimum atomic E-state index is -1.06. The lowest BCUT2D eigenvalue weighted by Gasteiger charge is -2.38. The van der Waals surface area contributed by atoms with Crippen molar-refractivity contribution in [1.29, 1.82) is 0 Å². The molecule has 28 heavy (non-hydrogen) atoms. The fraction of sp³-hybridized carbons (Fsp3) is 0.182. The van der Waals surface area contributed by atoms with Gasteiger partial charge in [0.2, 0.25) is 0 Å². The number of phenols is 4. The average molecular weight is 380 g/mol. The van der Waals surface area contributed by atoms with Crippen LogP contribution in [0.3, 0.4) is 0 Å². The first-order valence-corrected chi connectivity index (χ1v) is 8.84. The van der Waals surface area contributed by atoms with Gasteiger partial charge in [-0.15, -0.1) is 0 Å². The Bertz CT molecular complexity index is 1000. The molecule has 4 rings (SSSR count). The van der Waals surface area contributed by atoms with Gasteiger partial charge in [0.25, 0.3) is 0 Å². The lowest BCUT2D eigenvalue weighted by molar-refractivity contribution is 0.00775. The van der Waals surface area contributed by atoms with Crippen molar-refractivity contribution in [2.24, 2.45) is 0 Å². The first-order valence-electron chi connectivity index (χ1n) is 8.84. The highest BCUT2D eigenvalue weighted by molar-refractivity contribution is 5.56. The third kappa shape index (κ3) is 2.97. The van der Waals surface area contributed by atoms with Gasteiger partial charge in [0.15, 0.2) is 6.10 Å². The van der Waals surface area contributed by atoms with Gasteiger partial charge in [-0.3, -0.25) is 0 Å². The number of ether oxygens (including phenoxy) is 1. The second-order valence-electron chi connectivity index (χ2n) is 7.02. The van der Waals surface area contributed by atoms with Crippen molar-refractivity contribution in [2.75, 3.05) is 0 Å². The predicted octanol–water partition coefficient (Wildman–Crippen LogP) is 3.44. The number of benzene rings is 3. The van der Waals surface area contributed by atoms with Gasteiger partial charge in [0.1, 0.15) is 34.9 Å². The SMILES string of the molecule is Cc1cc(O)cc(O)c1C1c2ccc(O)cc2OC(c2ccc(O)cc2)C1O. The molecule has 3 atom stereocenters. The fourth-order valence-corrected chi connectivity index (χ4v) is 3.87. The number of phenolic OH excluding ortho intramolecular Hbond substituents is 4. The number of aliphatic hydroxyl groups is 1. The van der Waals surface area contributed by atoms with E-state index in [0.29, 0.717) is 28.0 Å². The van der Waals surface area contributed by atoms with Crippen LogP contribution in [0, 0.1) is 6.92 Å². The van der Waals surface area contributed by atoms with Crippen molar-refractivity contribution in [1.82, 2.24) is 0 Å². The summed E-state index contributed by atoms with van der Waals surface area (Å²) in [6.07, 6.45) is -1.84. The molecule has 0 saturated carbocycles. The first kappa shape index (κ1) is 18.0. The number of rotatable bonds is 2. The molecule has 3 aromatic rings. The summed E-state index contributed by atoms with van der Waals surface area (Å²) in [7, 11) is 0. The Hall–Kier alpha value is -3.38. The van der Waals surface area contributed by atoms with E-state index in [0.717, 1.165) is 0 Å². The molecule has 0 saturated heterocycles. The summed E-state index contributed by atoms with van der Waals surface area (Å²) in [5, 5.41) is 50.9. The predicted molar refractivity (Wildman–Crippen MR) is 102 cm³/mol. The van der Waals surface area contributed by atoms with E-state index in [-0.39, 0.29) is 23.0 Å². The molecule has 6 heteroatoms. The summed E-state index contributed by atoms with van der Waals surface area (Å²) >= 11 is 0. The van der Waals surface area contributed by atoms with Crippen molar-refractivity contribution in [2.45, 2.75) is 25.0 Å². The zero-order chi connectivity index (χ0) is 20.0. The summed E-state index contributed by atoms with van der Waals surface area (Å²) in [5.41, 5.74) is 2.35. The molecule has 0 fully saturated rings. The standard InChI is InChI=1S/C22H20O6/c1-11-8-15(25)9-17(26)19(11)20-16-7-6-14(24)10-18(16)28-22(21(20)27)12-2-4-13(23)5-3-12/h2-10,20-27H,1H3. The van der Waals surface area contributed by atoms with E-state index in [1.54, 1.807) is 25.1 Å². The van der Waals surface area contributed by atoms with Gasteiger partial charge in [-0.25, -0.2) is 0 Å². The zero-order valence-corrected chi connectivity index (χ0v) is 15.1. The topological polar surface area (TPSA) is 110 Å². The van der Waals surface area contributed by atoms with Gasteiger partial charge in [-0.1, -0.05) is 18.2 Å². The van der Waals surface area contributed by atoms with Crippen LogP contribution in [0.2, 0.25) is 0 Å². The second-order valence-corrected chi connectivity index (χ2v) is 7.02. The van der Waals surface area contributed by atoms with Gasteiger partial charge >= 0.3 is 0 Å². The van der Waals surface area contributed by atoms with E-state index < -0.39 is 18.1 Å². The lowest BCUT2D eigenvalue weighted by atomic mass is 9.78. The number of aromatic hydroxyl groups is 4. The van der Waals surface area contributed by atoms with Gasteiger partial charge < -0.3 is 30.3 Å². The van der Waals surface area contributed by atoms with Crippen molar-refractivity contribution in [3.8, 4) is 28.7 Å². The fourth-order valence-electron chi connectivity index (χ4n) is 3.87. The molecule has 1 heterocycles. The molecule has 3 unspecified atom stereocenters. The minimum Gasteiger partial charge on any atom is -0.508 e. The Labute approximate surface area is 161 Å². The third-order valence-corrected chi connectivity index (χ3v) is 5.12. The van der Waals surface area contributed by atoms with Crippen molar-refractivity contribution in [3.63, 3.8) is 0 Å². The van der Waals surface area contributed by atoms with Crippen molar-refractivity contribution in [3.05, 3.63) is 76.9 Å². The molecule has 3 aromatic carbocycles. The Kier molecular flexibility index (Phi) is 4.28. The van der Waals surface area contributed by atoms with Crippen LogP contribution in [0.15, 0.2) is 54.6 Å². The van der Waals surface area contributed by atoms with E-state index in [4.69, 9.17) is 4.74 Å². The highest BCUT2D eigenvalue weighted by Crippen LogP contribution is 2.49. The van der Waals surface area contributed by atoms with Gasteiger partial charge in [0, 0.05) is 29.2 Å². The molecular weight excluding hydrogens is 360 g/mol. The van der Waals surface area contributed by atoms with E-state index in [2.05, 4.69) is 0 Å². The smallest absolute Gasteiger partial charge is 0.150 e. The molecule has 0 spiro atoms. The number of hydrogen-bond donors (Lipinski definition) is 5. The lowest BCUT2D eigenvalue weighted by Crippen LogP contribution is -2.35. The molecule has 0 amide bonds. The van der Waals surface area contributed by atoms with E-state index in [9.17, 15) is 25.5 Å². The van der Waals surface area contributed by atoms with Crippen LogP contribution in [-0.2, 0) is 0 Å². The van der Waals surface area contributed by atoms with Crippen LogP contribution in [0.4, 0.5) is 0 Å². The van der Waals surface area contributed by atoms with Crippen molar-refractivity contribution < 1.29 is 30.3 Å². The Morgan fingerprint density at radius 2 is 1.46 bits per heavy atom. The molecule has 0 radical (unpaired) electrons. The summed E-state index contributed by atoms with van der Waals surface area (Å²) in [6, 6.07) is 13.7. The monoisotopic (exact) mass is 380 g/mol. The van der Waals surface area contributed by atoms with Gasteiger partial charge in [0.05, 0.1) is 0 Å². The summed E-state index contributed by atoms with van der Waals surface area (Å²) in [5.74, 6) is -0.349. The van der Waals surface area contributed by atoms with Crippen LogP contribution >= 0.6 is 0 Å².